The molecule has 0 saturated heterocycles. The predicted octanol–water partition coefficient (Wildman–Crippen LogP) is -0.449. The molecule has 3 nitrogen and oxygen atoms in total. The van der Waals surface area contributed by atoms with Crippen LogP contribution in [0, 0.1) is 13.8 Å². The van der Waals surface area contributed by atoms with Crippen LogP contribution in [0.1, 0.15) is 24.0 Å². The quantitative estimate of drug-likeness (QED) is 0.551. The van der Waals surface area contributed by atoms with E-state index in [1.165, 1.54) is 11.1 Å². The van der Waals surface area contributed by atoms with E-state index in [-0.39, 0.29) is 36.0 Å². The Hall–Kier alpha value is -0.510. The van der Waals surface area contributed by atoms with Crippen molar-refractivity contribution >= 4 is 5.97 Å². The Labute approximate surface area is 118 Å². The minimum atomic E-state index is -0.779. The Morgan fingerprint density at radius 2 is 2.00 bits per heavy atom. The number of hydrogen-bond donors (Lipinski definition) is 1. The summed E-state index contributed by atoms with van der Waals surface area (Å²) in [4.78, 5) is 10.3. The van der Waals surface area contributed by atoms with Crippen molar-refractivity contribution in [3.8, 4) is 5.75 Å². The minimum Gasteiger partial charge on any atom is -0.494 e. The van der Waals surface area contributed by atoms with Crippen molar-refractivity contribution in [2.45, 2.75) is 26.7 Å². The first kappa shape index (κ1) is 15.5. The summed E-state index contributed by atoms with van der Waals surface area (Å²) >= 11 is 0. The van der Waals surface area contributed by atoms with Crippen LogP contribution in [0.2, 0.25) is 0 Å². The van der Waals surface area contributed by atoms with E-state index in [4.69, 9.17) is 9.84 Å². The van der Waals surface area contributed by atoms with E-state index in [1.807, 2.05) is 32.0 Å². The van der Waals surface area contributed by atoms with Gasteiger partial charge in [-0.15, -0.1) is 0 Å². The molecule has 0 spiro atoms. The Morgan fingerprint density at radius 3 is 2.56 bits per heavy atom. The summed E-state index contributed by atoms with van der Waals surface area (Å²) in [7, 11) is 0. The molecule has 1 rings (SSSR count). The number of hydrogen-bond acceptors (Lipinski definition) is 2. The maximum atomic E-state index is 10.3. The van der Waals surface area contributed by atoms with Gasteiger partial charge in [0.05, 0.1) is 6.61 Å². The molecular formula is C12H16NaO3+. The summed E-state index contributed by atoms with van der Waals surface area (Å²) < 4.78 is 5.43. The second-order valence-electron chi connectivity index (χ2n) is 3.59. The van der Waals surface area contributed by atoms with Gasteiger partial charge in [-0.05, 0) is 43.5 Å². The number of aliphatic carboxylic acids is 1. The maximum Gasteiger partial charge on any atom is 1.00 e. The van der Waals surface area contributed by atoms with Crippen molar-refractivity contribution in [3.05, 3.63) is 29.3 Å². The van der Waals surface area contributed by atoms with Gasteiger partial charge in [0.2, 0.25) is 0 Å². The van der Waals surface area contributed by atoms with Crippen LogP contribution in [-0.2, 0) is 4.79 Å². The number of benzene rings is 1. The second kappa shape index (κ2) is 7.71. The summed E-state index contributed by atoms with van der Waals surface area (Å²) in [6.07, 6.45) is 0.701. The van der Waals surface area contributed by atoms with Crippen LogP contribution in [0.3, 0.4) is 0 Å². The summed E-state index contributed by atoms with van der Waals surface area (Å²) in [6.45, 7) is 4.53. The Bertz CT molecular complexity index is 350. The van der Waals surface area contributed by atoms with Gasteiger partial charge in [-0.1, -0.05) is 6.07 Å². The van der Waals surface area contributed by atoms with Gasteiger partial charge in [0.25, 0.3) is 0 Å². The van der Waals surface area contributed by atoms with Gasteiger partial charge in [0, 0.05) is 6.42 Å². The first-order chi connectivity index (χ1) is 7.09. The van der Waals surface area contributed by atoms with Crippen molar-refractivity contribution in [2.75, 3.05) is 6.61 Å². The summed E-state index contributed by atoms with van der Waals surface area (Å²) in [5.74, 6) is 0.0298. The molecule has 0 aliphatic rings. The standard InChI is InChI=1S/C12H16O3.Na/c1-9-5-6-11(8-10(9)2)15-7-3-4-12(13)14;/h5-6,8H,3-4,7H2,1-2H3,(H,13,14);/q;+1. The number of carbonyl (C=O) groups is 1. The predicted molar refractivity (Wildman–Crippen MR) is 58.3 cm³/mol. The molecule has 1 N–H and O–H groups in total. The second-order valence-corrected chi connectivity index (χ2v) is 3.59. The first-order valence-electron chi connectivity index (χ1n) is 5.01. The molecule has 0 saturated carbocycles. The zero-order valence-electron chi connectivity index (χ0n) is 10.1. The fourth-order valence-electron chi connectivity index (χ4n) is 1.22. The SMILES string of the molecule is Cc1ccc(OCCCC(=O)O)cc1C.[Na+]. The van der Waals surface area contributed by atoms with E-state index in [0.717, 1.165) is 5.75 Å². The molecule has 0 radical (unpaired) electrons. The fourth-order valence-corrected chi connectivity index (χ4v) is 1.22. The van der Waals surface area contributed by atoms with Crippen LogP contribution in [0.5, 0.6) is 5.75 Å². The molecular weight excluding hydrogens is 215 g/mol. The average Bonchev–Trinajstić information content (AvgIpc) is 2.18. The number of carboxylic acids is 1. The van der Waals surface area contributed by atoms with Crippen LogP contribution < -0.4 is 34.3 Å². The third kappa shape index (κ3) is 5.54. The van der Waals surface area contributed by atoms with E-state index in [1.54, 1.807) is 0 Å². The molecule has 0 amide bonds. The summed E-state index contributed by atoms with van der Waals surface area (Å²) in [5, 5.41) is 8.44. The zero-order valence-corrected chi connectivity index (χ0v) is 12.1. The van der Waals surface area contributed by atoms with Crippen molar-refractivity contribution in [1.29, 1.82) is 0 Å². The van der Waals surface area contributed by atoms with E-state index in [2.05, 4.69) is 0 Å². The van der Waals surface area contributed by atoms with E-state index < -0.39 is 5.97 Å². The molecule has 0 unspecified atom stereocenters. The molecule has 0 heterocycles. The molecule has 0 aliphatic heterocycles. The van der Waals surface area contributed by atoms with E-state index >= 15 is 0 Å². The molecule has 0 atom stereocenters. The topological polar surface area (TPSA) is 46.5 Å². The molecule has 4 heteroatoms. The number of rotatable bonds is 5. The van der Waals surface area contributed by atoms with Gasteiger partial charge < -0.3 is 9.84 Å². The number of ether oxygens (including phenoxy) is 1. The van der Waals surface area contributed by atoms with Gasteiger partial charge in [-0.25, -0.2) is 0 Å². The van der Waals surface area contributed by atoms with Crippen molar-refractivity contribution in [3.63, 3.8) is 0 Å². The first-order valence-corrected chi connectivity index (χ1v) is 5.01. The van der Waals surface area contributed by atoms with Gasteiger partial charge in [-0.2, -0.15) is 0 Å². The minimum absolute atomic E-state index is 0. The number of aryl methyl sites for hydroxylation is 2. The van der Waals surface area contributed by atoms with Crippen LogP contribution in [0.4, 0.5) is 0 Å². The summed E-state index contributed by atoms with van der Waals surface area (Å²) in [5.41, 5.74) is 2.42. The number of carboxylic acid groups (broad SMARTS) is 1. The van der Waals surface area contributed by atoms with E-state index in [0.29, 0.717) is 13.0 Å². The fraction of sp³-hybridized carbons (Fsp3) is 0.417. The van der Waals surface area contributed by atoms with Gasteiger partial charge >= 0.3 is 35.5 Å². The Morgan fingerprint density at radius 1 is 1.31 bits per heavy atom. The molecule has 1 aromatic rings. The van der Waals surface area contributed by atoms with Crippen molar-refractivity contribution < 1.29 is 44.2 Å². The van der Waals surface area contributed by atoms with Gasteiger partial charge in [0.1, 0.15) is 5.75 Å². The third-order valence-corrected chi connectivity index (χ3v) is 2.28. The Balaban J connectivity index is 0.00000225. The van der Waals surface area contributed by atoms with Crippen LogP contribution >= 0.6 is 0 Å². The van der Waals surface area contributed by atoms with Crippen LogP contribution in [0.15, 0.2) is 18.2 Å². The summed E-state index contributed by atoms with van der Waals surface area (Å²) in [6, 6.07) is 5.88. The normalized spacial score (nSPS) is 9.38. The van der Waals surface area contributed by atoms with Crippen molar-refractivity contribution in [1.82, 2.24) is 0 Å². The Kier molecular flexibility index (Phi) is 7.47. The molecule has 0 aromatic heterocycles. The van der Waals surface area contributed by atoms with Gasteiger partial charge in [0.15, 0.2) is 0 Å². The maximum absolute atomic E-state index is 10.3. The van der Waals surface area contributed by atoms with Crippen molar-refractivity contribution in [2.24, 2.45) is 0 Å². The molecule has 0 aliphatic carbocycles. The largest absolute Gasteiger partial charge is 1.00 e. The molecule has 0 fully saturated rings. The average molecular weight is 231 g/mol. The van der Waals surface area contributed by atoms with E-state index in [9.17, 15) is 4.79 Å². The zero-order chi connectivity index (χ0) is 11.3. The van der Waals surface area contributed by atoms with Crippen LogP contribution in [0.25, 0.3) is 0 Å². The monoisotopic (exact) mass is 231 g/mol. The smallest absolute Gasteiger partial charge is 0.494 e. The molecule has 82 valence electrons. The van der Waals surface area contributed by atoms with Crippen LogP contribution in [-0.4, -0.2) is 17.7 Å². The molecule has 1 aromatic carbocycles. The van der Waals surface area contributed by atoms with Gasteiger partial charge in [-0.3, -0.25) is 4.79 Å². The molecule has 16 heavy (non-hydrogen) atoms. The third-order valence-electron chi connectivity index (χ3n) is 2.28. The molecule has 0 bridgehead atoms.